The normalized spacial score (nSPS) is 14.8. The van der Waals surface area contributed by atoms with E-state index in [9.17, 15) is 0 Å². The standard InChI is InChI=1S/C22H23N5O/c1-15-4-2-7-19-20(15)25-22(23)27-14-17(24-21(19)27)12-16-5-3-6-18(13-16)26-8-10-28-11-9-26/h2-7,13-14H,8-12H2,1H3,(H2,23,25). The first-order chi connectivity index (χ1) is 13.7. The van der Waals surface area contributed by atoms with Gasteiger partial charge >= 0.3 is 0 Å². The van der Waals surface area contributed by atoms with Crippen LogP contribution in [0.25, 0.3) is 16.6 Å². The number of nitrogen functional groups attached to an aromatic ring is 1. The van der Waals surface area contributed by atoms with Gasteiger partial charge in [-0.25, -0.2) is 9.97 Å². The summed E-state index contributed by atoms with van der Waals surface area (Å²) in [5, 5.41) is 1.03. The Labute approximate surface area is 163 Å². The van der Waals surface area contributed by atoms with E-state index in [-0.39, 0.29) is 0 Å². The van der Waals surface area contributed by atoms with Crippen LogP contribution < -0.4 is 10.6 Å². The minimum Gasteiger partial charge on any atom is -0.378 e. The zero-order valence-corrected chi connectivity index (χ0v) is 15.9. The Morgan fingerprint density at radius 1 is 1.07 bits per heavy atom. The summed E-state index contributed by atoms with van der Waals surface area (Å²) in [7, 11) is 0. The molecule has 1 saturated heterocycles. The number of nitrogens with zero attached hydrogens (tertiary/aromatic N) is 4. The number of rotatable bonds is 3. The first-order valence-electron chi connectivity index (χ1n) is 9.63. The summed E-state index contributed by atoms with van der Waals surface area (Å²) in [6.45, 7) is 5.49. The van der Waals surface area contributed by atoms with E-state index in [1.165, 1.54) is 11.3 Å². The average Bonchev–Trinajstić information content (AvgIpc) is 3.15. The minimum atomic E-state index is 0.470. The van der Waals surface area contributed by atoms with E-state index in [1.54, 1.807) is 0 Å². The molecule has 1 aliphatic rings. The van der Waals surface area contributed by atoms with Crippen molar-refractivity contribution in [2.45, 2.75) is 13.3 Å². The van der Waals surface area contributed by atoms with Gasteiger partial charge in [-0.15, -0.1) is 0 Å². The summed E-state index contributed by atoms with van der Waals surface area (Å²) < 4.78 is 7.36. The zero-order chi connectivity index (χ0) is 19.1. The highest BCUT2D eigenvalue weighted by Crippen LogP contribution is 2.25. The highest BCUT2D eigenvalue weighted by atomic mass is 16.5. The average molecular weight is 373 g/mol. The van der Waals surface area contributed by atoms with Gasteiger partial charge in [0.2, 0.25) is 5.95 Å². The van der Waals surface area contributed by atoms with Gasteiger partial charge in [0, 0.05) is 36.8 Å². The molecule has 0 bridgehead atoms. The molecule has 0 aliphatic carbocycles. The molecule has 0 atom stereocenters. The van der Waals surface area contributed by atoms with E-state index in [4.69, 9.17) is 15.5 Å². The molecule has 0 spiro atoms. The maximum absolute atomic E-state index is 6.21. The van der Waals surface area contributed by atoms with Gasteiger partial charge in [-0.2, -0.15) is 0 Å². The van der Waals surface area contributed by atoms with Crippen LogP contribution in [0.3, 0.4) is 0 Å². The van der Waals surface area contributed by atoms with Crippen molar-refractivity contribution in [3.8, 4) is 0 Å². The van der Waals surface area contributed by atoms with E-state index in [0.29, 0.717) is 5.95 Å². The van der Waals surface area contributed by atoms with Crippen LogP contribution in [-0.4, -0.2) is 40.7 Å². The van der Waals surface area contributed by atoms with Crippen LogP contribution in [0.4, 0.5) is 11.6 Å². The number of para-hydroxylation sites is 1. The van der Waals surface area contributed by atoms with Gasteiger partial charge in [-0.1, -0.05) is 24.3 Å². The van der Waals surface area contributed by atoms with Gasteiger partial charge in [-0.05, 0) is 36.2 Å². The molecule has 5 rings (SSSR count). The van der Waals surface area contributed by atoms with Gasteiger partial charge in [0.25, 0.3) is 0 Å². The van der Waals surface area contributed by atoms with Crippen LogP contribution in [0.15, 0.2) is 48.7 Å². The number of imidazole rings is 1. The van der Waals surface area contributed by atoms with Crippen LogP contribution >= 0.6 is 0 Å². The smallest absolute Gasteiger partial charge is 0.206 e. The van der Waals surface area contributed by atoms with E-state index in [1.807, 2.05) is 29.7 Å². The van der Waals surface area contributed by atoms with Crippen LogP contribution in [0.2, 0.25) is 0 Å². The maximum Gasteiger partial charge on any atom is 0.206 e. The van der Waals surface area contributed by atoms with Crippen molar-refractivity contribution in [3.63, 3.8) is 0 Å². The summed E-state index contributed by atoms with van der Waals surface area (Å²) in [5.41, 5.74) is 12.6. The van der Waals surface area contributed by atoms with Gasteiger partial charge in [0.05, 0.1) is 24.4 Å². The molecule has 1 fully saturated rings. The molecule has 2 aromatic heterocycles. The lowest BCUT2D eigenvalue weighted by Gasteiger charge is -2.29. The number of nitrogens with two attached hydrogens (primary N) is 1. The first-order valence-corrected chi connectivity index (χ1v) is 9.63. The van der Waals surface area contributed by atoms with Crippen molar-refractivity contribution in [2.75, 3.05) is 36.9 Å². The first kappa shape index (κ1) is 17.0. The van der Waals surface area contributed by atoms with E-state index in [0.717, 1.165) is 60.5 Å². The minimum absolute atomic E-state index is 0.470. The third kappa shape index (κ3) is 2.96. The molecule has 4 aromatic rings. The Kier molecular flexibility index (Phi) is 4.13. The second-order valence-electron chi connectivity index (χ2n) is 7.31. The molecule has 142 valence electrons. The van der Waals surface area contributed by atoms with Crippen LogP contribution in [0, 0.1) is 6.92 Å². The maximum atomic E-state index is 6.21. The van der Waals surface area contributed by atoms with Crippen molar-refractivity contribution in [1.82, 2.24) is 14.4 Å². The fourth-order valence-electron chi connectivity index (χ4n) is 3.93. The van der Waals surface area contributed by atoms with Crippen molar-refractivity contribution >= 4 is 28.2 Å². The molecule has 3 heterocycles. The van der Waals surface area contributed by atoms with Crippen molar-refractivity contribution in [3.05, 3.63) is 65.5 Å². The third-order valence-electron chi connectivity index (χ3n) is 5.38. The molecule has 2 aromatic carbocycles. The molecular weight excluding hydrogens is 350 g/mol. The second kappa shape index (κ2) is 6.80. The lowest BCUT2D eigenvalue weighted by Crippen LogP contribution is -2.36. The Morgan fingerprint density at radius 3 is 2.75 bits per heavy atom. The van der Waals surface area contributed by atoms with Gasteiger partial charge in [0.15, 0.2) is 0 Å². The molecule has 6 heteroatoms. The summed E-state index contributed by atoms with van der Waals surface area (Å²) in [6.07, 6.45) is 2.76. The monoisotopic (exact) mass is 373 g/mol. The van der Waals surface area contributed by atoms with E-state index < -0.39 is 0 Å². The molecule has 0 saturated carbocycles. The number of anilines is 2. The molecule has 6 nitrogen and oxygen atoms in total. The van der Waals surface area contributed by atoms with Gasteiger partial charge in [-0.3, -0.25) is 4.40 Å². The number of hydrogen-bond donors (Lipinski definition) is 1. The van der Waals surface area contributed by atoms with Crippen molar-refractivity contribution < 1.29 is 4.74 Å². The zero-order valence-electron chi connectivity index (χ0n) is 15.9. The number of fused-ring (bicyclic) bond motifs is 3. The molecule has 0 unspecified atom stereocenters. The Balaban J connectivity index is 1.51. The van der Waals surface area contributed by atoms with Crippen molar-refractivity contribution in [1.29, 1.82) is 0 Å². The Morgan fingerprint density at radius 2 is 1.89 bits per heavy atom. The number of morpholine rings is 1. The van der Waals surface area contributed by atoms with Crippen LogP contribution in [-0.2, 0) is 11.2 Å². The van der Waals surface area contributed by atoms with E-state index >= 15 is 0 Å². The predicted octanol–water partition coefficient (Wildman–Crippen LogP) is 3.20. The third-order valence-corrected chi connectivity index (χ3v) is 5.38. The second-order valence-corrected chi connectivity index (χ2v) is 7.31. The van der Waals surface area contributed by atoms with Gasteiger partial charge in [0.1, 0.15) is 5.65 Å². The fourth-order valence-corrected chi connectivity index (χ4v) is 3.93. The lowest BCUT2D eigenvalue weighted by atomic mass is 10.1. The summed E-state index contributed by atoms with van der Waals surface area (Å²) in [4.78, 5) is 11.8. The fraction of sp³-hybridized carbons (Fsp3) is 0.273. The van der Waals surface area contributed by atoms with Crippen LogP contribution in [0.5, 0.6) is 0 Å². The molecule has 0 radical (unpaired) electrons. The summed E-state index contributed by atoms with van der Waals surface area (Å²) >= 11 is 0. The highest BCUT2D eigenvalue weighted by Gasteiger charge is 2.14. The highest BCUT2D eigenvalue weighted by molar-refractivity contribution is 5.94. The number of aryl methyl sites for hydroxylation is 1. The molecule has 2 N–H and O–H groups in total. The van der Waals surface area contributed by atoms with Crippen LogP contribution in [0.1, 0.15) is 16.8 Å². The van der Waals surface area contributed by atoms with Crippen molar-refractivity contribution in [2.24, 2.45) is 0 Å². The quantitative estimate of drug-likeness (QED) is 0.597. The molecule has 28 heavy (non-hydrogen) atoms. The Bertz CT molecular complexity index is 1160. The number of hydrogen-bond acceptors (Lipinski definition) is 5. The number of ether oxygens (including phenoxy) is 1. The molecular formula is C22H23N5O. The molecule has 1 aliphatic heterocycles. The summed E-state index contributed by atoms with van der Waals surface area (Å²) in [5.74, 6) is 0.470. The largest absolute Gasteiger partial charge is 0.378 e. The SMILES string of the molecule is Cc1cccc2c1nc(N)n1cc(Cc3cccc(N4CCOCC4)c3)nc21. The topological polar surface area (TPSA) is 68.7 Å². The number of aromatic nitrogens is 3. The summed E-state index contributed by atoms with van der Waals surface area (Å²) in [6, 6.07) is 14.8. The number of benzene rings is 2. The van der Waals surface area contributed by atoms with E-state index in [2.05, 4.69) is 40.2 Å². The Hall–Kier alpha value is -3.12. The predicted molar refractivity (Wildman–Crippen MR) is 112 cm³/mol. The van der Waals surface area contributed by atoms with Gasteiger partial charge < -0.3 is 15.4 Å². The lowest BCUT2D eigenvalue weighted by molar-refractivity contribution is 0.122. The molecule has 0 amide bonds.